The maximum Gasteiger partial charge on any atom is 0.317 e. The number of carbonyl (C=O) groups is 1. The highest BCUT2D eigenvalue weighted by Crippen LogP contribution is 2.26. The van der Waals surface area contributed by atoms with Gasteiger partial charge in [0.2, 0.25) is 0 Å². The van der Waals surface area contributed by atoms with Gasteiger partial charge in [-0.15, -0.1) is 0 Å². The van der Waals surface area contributed by atoms with Crippen LogP contribution in [0, 0.1) is 5.41 Å². The molecule has 1 rings (SSSR count). The van der Waals surface area contributed by atoms with E-state index in [9.17, 15) is 4.79 Å². The van der Waals surface area contributed by atoms with Crippen LogP contribution in [-0.4, -0.2) is 32.8 Å². The average molecular weight is 145 g/mol. The van der Waals surface area contributed by atoms with Gasteiger partial charge in [0.1, 0.15) is 5.41 Å². The molecule has 1 aliphatic heterocycles. The van der Waals surface area contributed by atoms with Crippen molar-refractivity contribution in [3.63, 3.8) is 0 Å². The second-order valence-electron chi connectivity index (χ2n) is 2.47. The van der Waals surface area contributed by atoms with Gasteiger partial charge in [-0.05, 0) is 0 Å². The molecule has 0 radical (unpaired) electrons. The molecular formula is C6H11NO3. The quantitative estimate of drug-likeness (QED) is 0.513. The lowest BCUT2D eigenvalue weighted by Crippen LogP contribution is -2.54. The zero-order chi connectivity index (χ0) is 7.61. The summed E-state index contributed by atoms with van der Waals surface area (Å²) in [5, 5.41) is 0. The van der Waals surface area contributed by atoms with Crippen LogP contribution in [0.4, 0.5) is 0 Å². The molecule has 0 atom stereocenters. The Balaban J connectivity index is 2.55. The zero-order valence-corrected chi connectivity index (χ0v) is 5.92. The third-order valence-electron chi connectivity index (χ3n) is 1.77. The molecule has 1 saturated heterocycles. The average Bonchev–Trinajstić information content (AvgIpc) is 1.86. The number of methoxy groups -OCH3 is 1. The normalized spacial score (nSPS) is 21.4. The second-order valence-corrected chi connectivity index (χ2v) is 2.47. The van der Waals surface area contributed by atoms with Crippen molar-refractivity contribution in [2.24, 2.45) is 11.1 Å². The van der Waals surface area contributed by atoms with Crippen LogP contribution >= 0.6 is 0 Å². The van der Waals surface area contributed by atoms with Crippen LogP contribution in [-0.2, 0) is 14.3 Å². The van der Waals surface area contributed by atoms with Gasteiger partial charge in [0.05, 0.1) is 20.3 Å². The van der Waals surface area contributed by atoms with E-state index in [4.69, 9.17) is 10.5 Å². The van der Waals surface area contributed by atoms with Crippen molar-refractivity contribution in [2.45, 2.75) is 0 Å². The minimum Gasteiger partial charge on any atom is -0.468 e. The molecule has 4 heteroatoms. The maximum absolute atomic E-state index is 11.0. The van der Waals surface area contributed by atoms with Crippen molar-refractivity contribution in [2.75, 3.05) is 26.9 Å². The van der Waals surface area contributed by atoms with E-state index in [0.29, 0.717) is 19.8 Å². The van der Waals surface area contributed by atoms with Gasteiger partial charge in [0, 0.05) is 6.54 Å². The van der Waals surface area contributed by atoms with Gasteiger partial charge in [-0.25, -0.2) is 0 Å². The van der Waals surface area contributed by atoms with E-state index in [0.717, 1.165) is 0 Å². The molecular weight excluding hydrogens is 134 g/mol. The third-order valence-corrected chi connectivity index (χ3v) is 1.77. The highest BCUT2D eigenvalue weighted by molar-refractivity contribution is 5.78. The number of carbonyl (C=O) groups excluding carboxylic acids is 1. The molecule has 2 N–H and O–H groups in total. The Morgan fingerprint density at radius 2 is 2.40 bits per heavy atom. The van der Waals surface area contributed by atoms with Crippen molar-refractivity contribution in [1.29, 1.82) is 0 Å². The summed E-state index contributed by atoms with van der Waals surface area (Å²) >= 11 is 0. The van der Waals surface area contributed by atoms with Gasteiger partial charge in [0.15, 0.2) is 0 Å². The van der Waals surface area contributed by atoms with E-state index in [1.165, 1.54) is 7.11 Å². The first-order valence-electron chi connectivity index (χ1n) is 3.11. The molecule has 1 fully saturated rings. The number of hydrogen-bond acceptors (Lipinski definition) is 4. The lowest BCUT2D eigenvalue weighted by molar-refractivity contribution is -0.180. The molecule has 0 aromatic heterocycles. The topological polar surface area (TPSA) is 61.5 Å². The first-order valence-corrected chi connectivity index (χ1v) is 3.11. The van der Waals surface area contributed by atoms with Gasteiger partial charge in [-0.2, -0.15) is 0 Å². The summed E-state index contributed by atoms with van der Waals surface area (Å²) in [6, 6.07) is 0. The fourth-order valence-corrected chi connectivity index (χ4v) is 0.884. The van der Waals surface area contributed by atoms with Crippen LogP contribution in [0.1, 0.15) is 0 Å². The summed E-state index contributed by atoms with van der Waals surface area (Å²) in [5.74, 6) is -0.263. The molecule has 0 aromatic rings. The number of hydrogen-bond donors (Lipinski definition) is 1. The van der Waals surface area contributed by atoms with Crippen molar-refractivity contribution in [3.05, 3.63) is 0 Å². The minimum absolute atomic E-state index is 0.263. The summed E-state index contributed by atoms with van der Waals surface area (Å²) in [7, 11) is 1.36. The first kappa shape index (κ1) is 7.50. The maximum atomic E-state index is 11.0. The van der Waals surface area contributed by atoms with Crippen LogP contribution in [0.3, 0.4) is 0 Å². The van der Waals surface area contributed by atoms with Crippen molar-refractivity contribution in [3.8, 4) is 0 Å². The molecule has 0 aromatic carbocycles. The smallest absolute Gasteiger partial charge is 0.317 e. The standard InChI is InChI=1S/C6H11NO3/c1-9-5(8)6(2-7)3-10-4-6/h2-4,7H2,1H3. The second kappa shape index (κ2) is 2.56. The lowest BCUT2D eigenvalue weighted by Gasteiger charge is -2.37. The molecule has 0 amide bonds. The van der Waals surface area contributed by atoms with E-state index in [1.54, 1.807) is 0 Å². The molecule has 0 bridgehead atoms. The predicted molar refractivity (Wildman–Crippen MR) is 34.3 cm³/mol. The minimum atomic E-state index is -0.533. The molecule has 1 heterocycles. The van der Waals surface area contributed by atoms with Crippen molar-refractivity contribution in [1.82, 2.24) is 0 Å². The van der Waals surface area contributed by atoms with Crippen LogP contribution in [0.25, 0.3) is 0 Å². The number of esters is 1. The highest BCUT2D eigenvalue weighted by Gasteiger charge is 2.45. The fraction of sp³-hybridized carbons (Fsp3) is 0.833. The van der Waals surface area contributed by atoms with E-state index >= 15 is 0 Å². The molecule has 1 aliphatic rings. The van der Waals surface area contributed by atoms with E-state index in [2.05, 4.69) is 4.74 Å². The molecule has 0 saturated carbocycles. The Morgan fingerprint density at radius 3 is 2.50 bits per heavy atom. The van der Waals surface area contributed by atoms with Gasteiger partial charge in [-0.3, -0.25) is 4.79 Å². The van der Waals surface area contributed by atoms with E-state index < -0.39 is 5.41 Å². The molecule has 4 nitrogen and oxygen atoms in total. The monoisotopic (exact) mass is 145 g/mol. The summed E-state index contributed by atoms with van der Waals surface area (Å²) in [5.41, 5.74) is 4.83. The van der Waals surface area contributed by atoms with Gasteiger partial charge in [-0.1, -0.05) is 0 Å². The van der Waals surface area contributed by atoms with Crippen LogP contribution in [0.15, 0.2) is 0 Å². The van der Waals surface area contributed by atoms with E-state index in [1.807, 2.05) is 0 Å². The summed E-state index contributed by atoms with van der Waals surface area (Å²) in [4.78, 5) is 11.0. The fourth-order valence-electron chi connectivity index (χ4n) is 0.884. The lowest BCUT2D eigenvalue weighted by atomic mass is 9.86. The molecule has 10 heavy (non-hydrogen) atoms. The van der Waals surface area contributed by atoms with Gasteiger partial charge < -0.3 is 15.2 Å². The highest BCUT2D eigenvalue weighted by atomic mass is 16.5. The number of rotatable bonds is 2. The van der Waals surface area contributed by atoms with Crippen LogP contribution in [0.5, 0.6) is 0 Å². The predicted octanol–water partition coefficient (Wildman–Crippen LogP) is -0.865. The Bertz CT molecular complexity index is 136. The summed E-state index contributed by atoms with van der Waals surface area (Å²) in [6.45, 7) is 1.10. The number of ether oxygens (including phenoxy) is 2. The Morgan fingerprint density at radius 1 is 1.80 bits per heavy atom. The molecule has 0 aliphatic carbocycles. The Labute approximate surface area is 59.3 Å². The van der Waals surface area contributed by atoms with E-state index in [-0.39, 0.29) is 5.97 Å². The molecule has 0 unspecified atom stereocenters. The first-order chi connectivity index (χ1) is 4.75. The largest absolute Gasteiger partial charge is 0.468 e. The van der Waals surface area contributed by atoms with Crippen LogP contribution in [0.2, 0.25) is 0 Å². The SMILES string of the molecule is COC(=O)C1(CN)COC1. The van der Waals surface area contributed by atoms with Gasteiger partial charge in [0.25, 0.3) is 0 Å². The Hall–Kier alpha value is -0.610. The molecule has 0 spiro atoms. The van der Waals surface area contributed by atoms with Crippen LogP contribution < -0.4 is 5.73 Å². The Kier molecular flexibility index (Phi) is 1.92. The van der Waals surface area contributed by atoms with Crippen molar-refractivity contribution >= 4 is 5.97 Å². The molecule has 58 valence electrons. The zero-order valence-electron chi connectivity index (χ0n) is 5.92. The summed E-state index contributed by atoms with van der Waals surface area (Å²) < 4.78 is 9.42. The van der Waals surface area contributed by atoms with Gasteiger partial charge >= 0.3 is 5.97 Å². The number of nitrogens with two attached hydrogens (primary N) is 1. The third kappa shape index (κ3) is 0.892. The van der Waals surface area contributed by atoms with Crippen molar-refractivity contribution < 1.29 is 14.3 Å². The summed E-state index contributed by atoms with van der Waals surface area (Å²) in [6.07, 6.45) is 0.